The summed E-state index contributed by atoms with van der Waals surface area (Å²) in [5, 5.41) is 5.55. The molecule has 1 aromatic rings. The van der Waals surface area contributed by atoms with Gasteiger partial charge in [-0.25, -0.2) is 4.98 Å². The van der Waals surface area contributed by atoms with Crippen molar-refractivity contribution in [2.24, 2.45) is 5.92 Å². The number of carbonyl (C=O) groups excluding carboxylic acids is 2. The fourth-order valence-electron chi connectivity index (χ4n) is 2.39. The third-order valence-corrected chi connectivity index (χ3v) is 4.10. The minimum atomic E-state index is -0.404. The van der Waals surface area contributed by atoms with E-state index in [4.69, 9.17) is 0 Å². The Labute approximate surface area is 117 Å². The lowest BCUT2D eigenvalue weighted by Gasteiger charge is -2.40. The second-order valence-corrected chi connectivity index (χ2v) is 6.03. The maximum absolute atomic E-state index is 12.4. The van der Waals surface area contributed by atoms with Crippen LogP contribution in [0.25, 0.3) is 0 Å². The highest BCUT2D eigenvalue weighted by atomic mass is 32.1. The van der Waals surface area contributed by atoms with Crippen molar-refractivity contribution in [3.63, 3.8) is 0 Å². The van der Waals surface area contributed by atoms with E-state index in [1.807, 2.05) is 26.2 Å². The molecule has 1 fully saturated rings. The van der Waals surface area contributed by atoms with Crippen LogP contribution in [0.3, 0.4) is 0 Å². The maximum Gasteiger partial charge on any atom is 0.246 e. The molecule has 0 radical (unpaired) electrons. The Morgan fingerprint density at radius 1 is 1.47 bits per heavy atom. The Kier molecular flexibility index (Phi) is 4.19. The summed E-state index contributed by atoms with van der Waals surface area (Å²) in [6, 6.07) is -0.804. The van der Waals surface area contributed by atoms with Gasteiger partial charge in [-0.1, -0.05) is 20.8 Å². The Morgan fingerprint density at radius 3 is 2.74 bits per heavy atom. The lowest BCUT2D eigenvalue weighted by atomic mass is 9.96. The average molecular weight is 281 g/mol. The highest BCUT2D eigenvalue weighted by Crippen LogP contribution is 2.21. The zero-order chi connectivity index (χ0) is 14.0. The minimum Gasteiger partial charge on any atom is -0.343 e. The van der Waals surface area contributed by atoms with Crippen molar-refractivity contribution in [1.82, 2.24) is 15.2 Å². The number of amides is 2. The molecule has 2 rings (SSSR count). The Bertz CT molecular complexity index is 458. The maximum atomic E-state index is 12.4. The van der Waals surface area contributed by atoms with Crippen molar-refractivity contribution in [2.75, 3.05) is 0 Å². The SMILES string of the molecule is CCC1NC(=O)C(C(C)C)N(Cc2nccs2)C1=O. The van der Waals surface area contributed by atoms with Gasteiger partial charge in [0.25, 0.3) is 0 Å². The average Bonchev–Trinajstić information content (AvgIpc) is 2.85. The van der Waals surface area contributed by atoms with Gasteiger partial charge in [0.15, 0.2) is 0 Å². The van der Waals surface area contributed by atoms with Crippen LogP contribution >= 0.6 is 11.3 Å². The number of nitrogens with zero attached hydrogens (tertiary/aromatic N) is 2. The van der Waals surface area contributed by atoms with Gasteiger partial charge in [0, 0.05) is 11.6 Å². The van der Waals surface area contributed by atoms with E-state index in [9.17, 15) is 9.59 Å². The number of thiazole rings is 1. The standard InChI is InChI=1S/C13H19N3O2S/c1-4-9-13(18)16(7-10-14-5-6-19-10)11(8(2)3)12(17)15-9/h5-6,8-9,11H,4,7H2,1-3H3,(H,15,17). The molecule has 104 valence electrons. The van der Waals surface area contributed by atoms with Crippen LogP contribution in [0.4, 0.5) is 0 Å². The van der Waals surface area contributed by atoms with Gasteiger partial charge in [0.1, 0.15) is 17.1 Å². The largest absolute Gasteiger partial charge is 0.343 e. The molecule has 0 saturated carbocycles. The smallest absolute Gasteiger partial charge is 0.246 e. The van der Waals surface area contributed by atoms with Crippen molar-refractivity contribution in [2.45, 2.75) is 45.8 Å². The third kappa shape index (κ3) is 2.78. The van der Waals surface area contributed by atoms with E-state index in [-0.39, 0.29) is 17.7 Å². The van der Waals surface area contributed by atoms with Gasteiger partial charge in [-0.05, 0) is 12.3 Å². The first-order valence-corrected chi connectivity index (χ1v) is 7.41. The van der Waals surface area contributed by atoms with E-state index in [1.54, 1.807) is 11.1 Å². The van der Waals surface area contributed by atoms with Crippen LogP contribution in [0.5, 0.6) is 0 Å². The van der Waals surface area contributed by atoms with Crippen molar-refractivity contribution in [3.8, 4) is 0 Å². The summed E-state index contributed by atoms with van der Waals surface area (Å²) in [7, 11) is 0. The Balaban J connectivity index is 2.26. The third-order valence-electron chi connectivity index (χ3n) is 3.33. The highest BCUT2D eigenvalue weighted by molar-refractivity contribution is 7.09. The molecule has 0 aliphatic carbocycles. The van der Waals surface area contributed by atoms with Crippen LogP contribution in [-0.2, 0) is 16.1 Å². The van der Waals surface area contributed by atoms with Crippen molar-refractivity contribution in [3.05, 3.63) is 16.6 Å². The number of hydrogen-bond acceptors (Lipinski definition) is 4. The van der Waals surface area contributed by atoms with Gasteiger partial charge in [-0.3, -0.25) is 9.59 Å². The van der Waals surface area contributed by atoms with Crippen LogP contribution in [0.1, 0.15) is 32.2 Å². The van der Waals surface area contributed by atoms with Crippen LogP contribution < -0.4 is 5.32 Å². The summed E-state index contributed by atoms with van der Waals surface area (Å²) in [5.41, 5.74) is 0. The molecule has 2 heterocycles. The van der Waals surface area contributed by atoms with Gasteiger partial charge in [0.2, 0.25) is 11.8 Å². The summed E-state index contributed by atoms with van der Waals surface area (Å²) in [6.45, 7) is 6.24. The number of aromatic nitrogens is 1. The topological polar surface area (TPSA) is 62.3 Å². The highest BCUT2D eigenvalue weighted by Gasteiger charge is 2.41. The first-order chi connectivity index (χ1) is 9.04. The predicted molar refractivity (Wildman–Crippen MR) is 73.5 cm³/mol. The molecule has 2 unspecified atom stereocenters. The quantitative estimate of drug-likeness (QED) is 0.907. The fraction of sp³-hybridized carbons (Fsp3) is 0.615. The molecular formula is C13H19N3O2S. The summed E-state index contributed by atoms with van der Waals surface area (Å²) < 4.78 is 0. The fourth-order valence-corrected chi connectivity index (χ4v) is 3.00. The van der Waals surface area contributed by atoms with Crippen molar-refractivity contribution in [1.29, 1.82) is 0 Å². The van der Waals surface area contributed by atoms with Gasteiger partial charge in [-0.15, -0.1) is 11.3 Å². The van der Waals surface area contributed by atoms with E-state index < -0.39 is 12.1 Å². The molecule has 1 aromatic heterocycles. The Hall–Kier alpha value is -1.43. The van der Waals surface area contributed by atoms with Gasteiger partial charge in [0.05, 0.1) is 6.54 Å². The Morgan fingerprint density at radius 2 is 2.21 bits per heavy atom. The molecule has 1 aliphatic heterocycles. The number of hydrogen-bond donors (Lipinski definition) is 1. The molecule has 1 N–H and O–H groups in total. The zero-order valence-electron chi connectivity index (χ0n) is 11.4. The molecule has 2 atom stereocenters. The molecule has 0 aromatic carbocycles. The lowest BCUT2D eigenvalue weighted by molar-refractivity contribution is -0.152. The van der Waals surface area contributed by atoms with E-state index in [0.717, 1.165) is 5.01 Å². The first kappa shape index (κ1) is 14.0. The number of rotatable bonds is 4. The van der Waals surface area contributed by atoms with Gasteiger partial charge >= 0.3 is 0 Å². The summed E-state index contributed by atoms with van der Waals surface area (Å²) in [5.74, 6) is 0.0238. The van der Waals surface area contributed by atoms with Gasteiger partial charge < -0.3 is 10.2 Å². The van der Waals surface area contributed by atoms with Crippen LogP contribution in [0, 0.1) is 5.92 Å². The second-order valence-electron chi connectivity index (χ2n) is 5.05. The molecule has 2 amide bonds. The summed E-state index contributed by atoms with van der Waals surface area (Å²) >= 11 is 1.51. The lowest BCUT2D eigenvalue weighted by Crippen LogP contribution is -2.64. The van der Waals surface area contributed by atoms with Crippen molar-refractivity contribution >= 4 is 23.2 Å². The normalized spacial score (nSPS) is 23.9. The summed E-state index contributed by atoms with van der Waals surface area (Å²) in [6.07, 6.45) is 2.33. The predicted octanol–water partition coefficient (Wildman–Crippen LogP) is 1.40. The number of nitrogens with one attached hydrogen (secondary N) is 1. The first-order valence-electron chi connectivity index (χ1n) is 6.53. The van der Waals surface area contributed by atoms with Crippen LogP contribution in [0.15, 0.2) is 11.6 Å². The molecule has 1 saturated heterocycles. The molecular weight excluding hydrogens is 262 g/mol. The van der Waals surface area contributed by atoms with E-state index in [2.05, 4.69) is 10.3 Å². The zero-order valence-corrected chi connectivity index (χ0v) is 12.2. The van der Waals surface area contributed by atoms with E-state index in [0.29, 0.717) is 13.0 Å². The molecule has 0 bridgehead atoms. The van der Waals surface area contributed by atoms with Gasteiger partial charge in [-0.2, -0.15) is 0 Å². The molecule has 6 heteroatoms. The molecule has 5 nitrogen and oxygen atoms in total. The molecule has 1 aliphatic rings. The summed E-state index contributed by atoms with van der Waals surface area (Å²) in [4.78, 5) is 30.5. The second kappa shape index (κ2) is 5.69. The minimum absolute atomic E-state index is 0.00370. The van der Waals surface area contributed by atoms with Crippen molar-refractivity contribution < 1.29 is 9.59 Å². The van der Waals surface area contributed by atoms with Crippen LogP contribution in [0.2, 0.25) is 0 Å². The molecule has 0 spiro atoms. The molecule has 19 heavy (non-hydrogen) atoms. The van der Waals surface area contributed by atoms with E-state index >= 15 is 0 Å². The number of carbonyl (C=O) groups is 2. The number of piperazine rings is 1. The van der Waals surface area contributed by atoms with E-state index in [1.165, 1.54) is 11.3 Å². The van der Waals surface area contributed by atoms with Crippen LogP contribution in [-0.4, -0.2) is 33.8 Å². The monoisotopic (exact) mass is 281 g/mol.